The summed E-state index contributed by atoms with van der Waals surface area (Å²) in [5, 5.41) is 13.6. The van der Waals surface area contributed by atoms with E-state index in [1.165, 1.54) is 12.1 Å². The highest BCUT2D eigenvalue weighted by Crippen LogP contribution is 2.27. The molecule has 0 aliphatic rings. The van der Waals surface area contributed by atoms with Crippen molar-refractivity contribution in [2.75, 3.05) is 11.9 Å². The van der Waals surface area contributed by atoms with Crippen molar-refractivity contribution in [3.8, 4) is 5.69 Å². The van der Waals surface area contributed by atoms with Crippen molar-refractivity contribution in [2.24, 2.45) is 0 Å². The predicted octanol–water partition coefficient (Wildman–Crippen LogP) is 4.41. The lowest BCUT2D eigenvalue weighted by molar-refractivity contribution is -0.384. The van der Waals surface area contributed by atoms with Crippen LogP contribution in [0.25, 0.3) is 5.69 Å². The zero-order valence-electron chi connectivity index (χ0n) is 17.8. The number of anilines is 1. The summed E-state index contributed by atoms with van der Waals surface area (Å²) in [5.41, 5.74) is 4.36. The first-order valence-electron chi connectivity index (χ1n) is 9.66. The van der Waals surface area contributed by atoms with Crippen LogP contribution in [0.3, 0.4) is 0 Å². The van der Waals surface area contributed by atoms with Crippen LogP contribution < -0.4 is 5.32 Å². The van der Waals surface area contributed by atoms with E-state index in [9.17, 15) is 19.7 Å². The van der Waals surface area contributed by atoms with Crippen LogP contribution in [0.2, 0.25) is 0 Å². The van der Waals surface area contributed by atoms with E-state index in [2.05, 4.69) is 5.32 Å². The third-order valence-corrected chi connectivity index (χ3v) is 4.99. The maximum Gasteiger partial charge on any atom is 0.340 e. The van der Waals surface area contributed by atoms with Crippen LogP contribution in [0, 0.1) is 37.8 Å². The number of nitro groups is 1. The van der Waals surface area contributed by atoms with Crippen LogP contribution in [0.4, 0.5) is 11.4 Å². The Bertz CT molecular complexity index is 1160. The largest absolute Gasteiger partial charge is 0.452 e. The van der Waals surface area contributed by atoms with Gasteiger partial charge < -0.3 is 14.6 Å². The number of esters is 1. The Morgan fingerprint density at radius 2 is 1.74 bits per heavy atom. The number of amides is 1. The van der Waals surface area contributed by atoms with E-state index in [0.29, 0.717) is 16.8 Å². The lowest BCUT2D eigenvalue weighted by Gasteiger charge is -2.11. The molecule has 0 fully saturated rings. The normalized spacial score (nSPS) is 10.6. The fourth-order valence-electron chi connectivity index (χ4n) is 3.41. The Kier molecular flexibility index (Phi) is 6.20. The van der Waals surface area contributed by atoms with Crippen molar-refractivity contribution in [1.82, 2.24) is 4.57 Å². The van der Waals surface area contributed by atoms with Gasteiger partial charge in [0.1, 0.15) is 5.69 Å². The number of carbonyl (C=O) groups is 2. The summed E-state index contributed by atoms with van der Waals surface area (Å²) >= 11 is 0. The van der Waals surface area contributed by atoms with Gasteiger partial charge in [-0.05, 0) is 51.5 Å². The quantitative estimate of drug-likeness (QED) is 0.361. The molecule has 1 N–H and O–H groups in total. The Morgan fingerprint density at radius 1 is 1.06 bits per heavy atom. The number of hydrogen-bond donors (Lipinski definition) is 1. The number of nitrogens with one attached hydrogen (secondary N) is 1. The van der Waals surface area contributed by atoms with Crippen molar-refractivity contribution in [3.63, 3.8) is 0 Å². The highest BCUT2D eigenvalue weighted by atomic mass is 16.6. The lowest BCUT2D eigenvalue weighted by atomic mass is 10.1. The van der Waals surface area contributed by atoms with Crippen molar-refractivity contribution >= 4 is 23.3 Å². The number of ether oxygens (including phenoxy) is 1. The van der Waals surface area contributed by atoms with Crippen molar-refractivity contribution in [2.45, 2.75) is 27.7 Å². The number of nitro benzene ring substituents is 1. The molecule has 1 aromatic heterocycles. The predicted molar refractivity (Wildman–Crippen MR) is 117 cm³/mol. The molecule has 31 heavy (non-hydrogen) atoms. The average molecular weight is 421 g/mol. The first-order valence-corrected chi connectivity index (χ1v) is 9.66. The summed E-state index contributed by atoms with van der Waals surface area (Å²) in [6.07, 6.45) is 0. The van der Waals surface area contributed by atoms with Crippen molar-refractivity contribution in [3.05, 3.63) is 86.7 Å². The van der Waals surface area contributed by atoms with Gasteiger partial charge in [-0.3, -0.25) is 14.9 Å². The molecule has 1 heterocycles. The smallest absolute Gasteiger partial charge is 0.340 e. The van der Waals surface area contributed by atoms with E-state index in [1.54, 1.807) is 26.0 Å². The average Bonchev–Trinajstić information content (AvgIpc) is 3.02. The van der Waals surface area contributed by atoms with Crippen LogP contribution in [-0.4, -0.2) is 28.0 Å². The summed E-state index contributed by atoms with van der Waals surface area (Å²) in [6.45, 7) is 6.78. The van der Waals surface area contributed by atoms with E-state index in [0.717, 1.165) is 16.9 Å². The van der Waals surface area contributed by atoms with Gasteiger partial charge >= 0.3 is 5.97 Å². The van der Waals surface area contributed by atoms with Crippen LogP contribution in [0.5, 0.6) is 0 Å². The molecule has 0 aliphatic carbocycles. The summed E-state index contributed by atoms with van der Waals surface area (Å²) in [5.74, 6) is -1.29. The third kappa shape index (κ3) is 4.63. The second-order valence-electron chi connectivity index (χ2n) is 7.31. The molecule has 8 nitrogen and oxygen atoms in total. The fourth-order valence-corrected chi connectivity index (χ4v) is 3.41. The fraction of sp³-hybridized carbons (Fsp3) is 0.217. The highest BCUT2D eigenvalue weighted by molar-refractivity contribution is 5.98. The summed E-state index contributed by atoms with van der Waals surface area (Å²) in [7, 11) is 0. The topological polar surface area (TPSA) is 103 Å². The minimum absolute atomic E-state index is 0.0890. The van der Waals surface area contributed by atoms with Gasteiger partial charge in [0, 0.05) is 23.1 Å². The maximum atomic E-state index is 12.6. The molecule has 3 rings (SSSR count). The minimum atomic E-state index is -0.655. The number of hydrogen-bond acceptors (Lipinski definition) is 5. The minimum Gasteiger partial charge on any atom is -0.452 e. The Morgan fingerprint density at radius 3 is 2.39 bits per heavy atom. The highest BCUT2D eigenvalue weighted by Gasteiger charge is 2.21. The molecule has 0 spiro atoms. The molecular formula is C23H23N3O5. The SMILES string of the molecule is Cc1ccc(-n2c(C)cc(C(=O)OCC(=O)Nc3c(C)cccc3[N+](=O)[O-])c2C)cc1. The first kappa shape index (κ1) is 21.8. The second-order valence-corrected chi connectivity index (χ2v) is 7.31. The monoisotopic (exact) mass is 421 g/mol. The first-order chi connectivity index (χ1) is 14.7. The van der Waals surface area contributed by atoms with E-state index in [-0.39, 0.29) is 11.4 Å². The summed E-state index contributed by atoms with van der Waals surface area (Å²) < 4.78 is 7.11. The van der Waals surface area contributed by atoms with Gasteiger partial charge in [0.05, 0.1) is 10.5 Å². The van der Waals surface area contributed by atoms with Gasteiger partial charge in [-0.15, -0.1) is 0 Å². The van der Waals surface area contributed by atoms with E-state index in [4.69, 9.17) is 4.74 Å². The van der Waals surface area contributed by atoms with E-state index >= 15 is 0 Å². The summed E-state index contributed by atoms with van der Waals surface area (Å²) in [6, 6.07) is 14.1. The number of rotatable bonds is 6. The molecule has 0 radical (unpaired) electrons. The molecule has 1 amide bonds. The molecule has 3 aromatic rings. The van der Waals surface area contributed by atoms with Gasteiger partial charge in [0.15, 0.2) is 6.61 Å². The zero-order valence-corrected chi connectivity index (χ0v) is 17.8. The van der Waals surface area contributed by atoms with Gasteiger partial charge in [-0.25, -0.2) is 4.79 Å². The Labute approximate surface area is 179 Å². The number of carbonyl (C=O) groups excluding carboxylic acids is 2. The molecule has 160 valence electrons. The van der Waals surface area contributed by atoms with Crippen molar-refractivity contribution in [1.29, 1.82) is 0 Å². The van der Waals surface area contributed by atoms with Gasteiger partial charge in [0.25, 0.3) is 11.6 Å². The molecule has 0 aliphatic heterocycles. The van der Waals surface area contributed by atoms with Crippen LogP contribution >= 0.6 is 0 Å². The number of para-hydroxylation sites is 1. The second kappa shape index (κ2) is 8.83. The van der Waals surface area contributed by atoms with Crippen LogP contribution in [0.1, 0.15) is 32.9 Å². The molecular weight excluding hydrogens is 398 g/mol. The van der Waals surface area contributed by atoms with Crippen LogP contribution in [0.15, 0.2) is 48.5 Å². The number of nitrogens with zero attached hydrogens (tertiary/aromatic N) is 2. The molecule has 0 unspecified atom stereocenters. The third-order valence-electron chi connectivity index (χ3n) is 4.99. The number of aromatic nitrogens is 1. The summed E-state index contributed by atoms with van der Waals surface area (Å²) in [4.78, 5) is 35.5. The van der Waals surface area contributed by atoms with Gasteiger partial charge in [0.2, 0.25) is 0 Å². The molecule has 8 heteroatoms. The maximum absolute atomic E-state index is 12.6. The van der Waals surface area contributed by atoms with Gasteiger partial charge in [-0.2, -0.15) is 0 Å². The van der Waals surface area contributed by atoms with E-state index < -0.39 is 23.4 Å². The Balaban J connectivity index is 1.72. The van der Waals surface area contributed by atoms with E-state index in [1.807, 2.05) is 42.7 Å². The molecule has 2 aromatic carbocycles. The van der Waals surface area contributed by atoms with Crippen LogP contribution in [-0.2, 0) is 9.53 Å². The molecule has 0 atom stereocenters. The van der Waals surface area contributed by atoms with Gasteiger partial charge in [-0.1, -0.05) is 29.8 Å². The standard InChI is InChI=1S/C23H23N3O5/c1-14-8-10-18(11-9-14)25-16(3)12-19(17(25)4)23(28)31-13-21(27)24-22-15(2)6-5-7-20(22)26(29)30/h5-12H,13H2,1-4H3,(H,24,27). The lowest BCUT2D eigenvalue weighted by Crippen LogP contribution is -2.22. The number of aryl methyl sites for hydroxylation is 3. The van der Waals surface area contributed by atoms with Crippen molar-refractivity contribution < 1.29 is 19.2 Å². The molecule has 0 saturated carbocycles. The zero-order chi connectivity index (χ0) is 22.7. The number of benzene rings is 2. The molecule has 0 saturated heterocycles. The molecule has 0 bridgehead atoms. The Hall–Kier alpha value is -3.94.